The highest BCUT2D eigenvalue weighted by Crippen LogP contribution is 2.15. The molecule has 2 rings (SSSR count). The molecule has 0 unspecified atom stereocenters. The van der Waals surface area contributed by atoms with Crippen LogP contribution in [0.25, 0.3) is 11.5 Å². The highest BCUT2D eigenvalue weighted by atomic mass is 15.3. The van der Waals surface area contributed by atoms with Crippen LogP contribution in [0.1, 0.15) is 19.9 Å². The van der Waals surface area contributed by atoms with E-state index in [1.54, 1.807) is 6.20 Å². The summed E-state index contributed by atoms with van der Waals surface area (Å²) in [6.07, 6.45) is 4.74. The van der Waals surface area contributed by atoms with Crippen LogP contribution in [0.2, 0.25) is 0 Å². The summed E-state index contributed by atoms with van der Waals surface area (Å²) in [7, 11) is 0. The van der Waals surface area contributed by atoms with Crippen LogP contribution in [0.4, 0.5) is 0 Å². The molecule has 0 aliphatic heterocycles. The summed E-state index contributed by atoms with van der Waals surface area (Å²) in [4.78, 5) is 12.2. The quantitative estimate of drug-likeness (QED) is 0.714. The number of aromatic nitrogens is 5. The second kappa shape index (κ2) is 3.53. The van der Waals surface area contributed by atoms with Gasteiger partial charge in [-0.1, -0.05) is 0 Å². The van der Waals surface area contributed by atoms with Crippen molar-refractivity contribution in [3.05, 3.63) is 24.9 Å². The molecule has 0 N–H and O–H groups in total. The average molecular weight is 189 g/mol. The third-order valence-electron chi connectivity index (χ3n) is 1.87. The topological polar surface area (TPSA) is 56.5 Å². The fourth-order valence-electron chi connectivity index (χ4n) is 1.23. The van der Waals surface area contributed by atoms with E-state index in [9.17, 15) is 0 Å². The molecule has 2 heterocycles. The van der Waals surface area contributed by atoms with E-state index < -0.39 is 0 Å². The predicted octanol–water partition coefficient (Wildman–Crippen LogP) is 1.32. The molecule has 0 atom stereocenters. The third-order valence-corrected chi connectivity index (χ3v) is 1.87. The summed E-state index contributed by atoms with van der Waals surface area (Å²) in [5.41, 5.74) is 0.797. The Morgan fingerprint density at radius 3 is 2.71 bits per heavy atom. The molecule has 0 saturated heterocycles. The lowest BCUT2D eigenvalue weighted by Gasteiger charge is -2.07. The van der Waals surface area contributed by atoms with Crippen LogP contribution >= 0.6 is 0 Å². The lowest BCUT2D eigenvalue weighted by molar-refractivity contribution is 0.536. The van der Waals surface area contributed by atoms with Gasteiger partial charge in [0, 0.05) is 12.2 Å². The lowest BCUT2D eigenvalue weighted by atomic mass is 10.3. The van der Waals surface area contributed by atoms with Gasteiger partial charge in [-0.05, 0) is 19.9 Å². The molecule has 0 spiro atoms. The second-order valence-corrected chi connectivity index (χ2v) is 3.22. The highest BCUT2D eigenvalue weighted by Gasteiger charge is 2.09. The zero-order valence-corrected chi connectivity index (χ0v) is 8.12. The Kier molecular flexibility index (Phi) is 2.22. The molecular weight excluding hydrogens is 178 g/mol. The normalized spacial score (nSPS) is 10.8. The van der Waals surface area contributed by atoms with E-state index >= 15 is 0 Å². The first-order valence-electron chi connectivity index (χ1n) is 4.45. The highest BCUT2D eigenvalue weighted by molar-refractivity contribution is 5.47. The number of rotatable bonds is 2. The predicted molar refractivity (Wildman–Crippen MR) is 51.4 cm³/mol. The van der Waals surface area contributed by atoms with E-state index in [4.69, 9.17) is 0 Å². The van der Waals surface area contributed by atoms with E-state index in [-0.39, 0.29) is 6.04 Å². The zero-order valence-electron chi connectivity index (χ0n) is 8.12. The summed E-state index contributed by atoms with van der Waals surface area (Å²) in [5, 5.41) is 4.14. The Labute approximate surface area is 81.8 Å². The fourth-order valence-corrected chi connectivity index (χ4v) is 1.23. The Balaban J connectivity index is 2.47. The van der Waals surface area contributed by atoms with Crippen molar-refractivity contribution in [1.29, 1.82) is 0 Å². The summed E-state index contributed by atoms with van der Waals surface area (Å²) >= 11 is 0. The van der Waals surface area contributed by atoms with Crippen molar-refractivity contribution in [2.75, 3.05) is 0 Å². The van der Waals surface area contributed by atoms with E-state index in [0.29, 0.717) is 0 Å². The number of hydrogen-bond acceptors (Lipinski definition) is 4. The Bertz CT molecular complexity index is 406. The molecule has 0 fully saturated rings. The standard InChI is InChI=1S/C9H11N5/c1-7(2)14-9(12-6-13-14)8-3-4-10-5-11-8/h3-7H,1-2H3. The maximum atomic E-state index is 4.17. The van der Waals surface area contributed by atoms with Crippen LogP contribution in [0.3, 0.4) is 0 Å². The molecular formula is C9H11N5. The van der Waals surface area contributed by atoms with Gasteiger partial charge in [-0.25, -0.2) is 19.6 Å². The van der Waals surface area contributed by atoms with E-state index in [1.165, 1.54) is 12.7 Å². The van der Waals surface area contributed by atoms with Crippen molar-refractivity contribution in [1.82, 2.24) is 24.7 Å². The van der Waals surface area contributed by atoms with Gasteiger partial charge < -0.3 is 0 Å². The maximum Gasteiger partial charge on any atom is 0.177 e. The summed E-state index contributed by atoms with van der Waals surface area (Å²) < 4.78 is 1.84. The van der Waals surface area contributed by atoms with Gasteiger partial charge in [-0.15, -0.1) is 0 Å². The molecule has 72 valence electrons. The van der Waals surface area contributed by atoms with Crippen LogP contribution in [-0.2, 0) is 0 Å². The first-order valence-corrected chi connectivity index (χ1v) is 4.45. The van der Waals surface area contributed by atoms with Crippen LogP contribution < -0.4 is 0 Å². The molecule has 0 radical (unpaired) electrons. The minimum atomic E-state index is 0.280. The van der Waals surface area contributed by atoms with Crippen molar-refractivity contribution in [2.45, 2.75) is 19.9 Å². The molecule has 2 aromatic heterocycles. The van der Waals surface area contributed by atoms with E-state index in [0.717, 1.165) is 11.5 Å². The van der Waals surface area contributed by atoms with Gasteiger partial charge in [0.15, 0.2) is 5.82 Å². The molecule has 0 aliphatic rings. The Morgan fingerprint density at radius 2 is 2.07 bits per heavy atom. The maximum absolute atomic E-state index is 4.17. The molecule has 14 heavy (non-hydrogen) atoms. The van der Waals surface area contributed by atoms with Crippen LogP contribution in [0.15, 0.2) is 24.9 Å². The average Bonchev–Trinajstić information content (AvgIpc) is 2.67. The molecule has 5 heteroatoms. The van der Waals surface area contributed by atoms with Crippen LogP contribution in [0, 0.1) is 0 Å². The van der Waals surface area contributed by atoms with Gasteiger partial charge in [-0.3, -0.25) is 0 Å². The van der Waals surface area contributed by atoms with Gasteiger partial charge in [0.05, 0.1) is 0 Å². The lowest BCUT2D eigenvalue weighted by Crippen LogP contribution is -2.05. The number of nitrogens with zero attached hydrogens (tertiary/aromatic N) is 5. The summed E-state index contributed by atoms with van der Waals surface area (Å²) in [6, 6.07) is 2.10. The number of hydrogen-bond donors (Lipinski definition) is 0. The van der Waals surface area contributed by atoms with Gasteiger partial charge in [0.1, 0.15) is 18.3 Å². The fraction of sp³-hybridized carbons (Fsp3) is 0.333. The van der Waals surface area contributed by atoms with Gasteiger partial charge in [0.25, 0.3) is 0 Å². The van der Waals surface area contributed by atoms with Crippen molar-refractivity contribution >= 4 is 0 Å². The van der Waals surface area contributed by atoms with E-state index in [1.807, 2.05) is 10.7 Å². The van der Waals surface area contributed by atoms with Gasteiger partial charge in [-0.2, -0.15) is 5.10 Å². The molecule has 2 aromatic rings. The first kappa shape index (κ1) is 8.80. The minimum Gasteiger partial charge on any atom is -0.245 e. The smallest absolute Gasteiger partial charge is 0.177 e. The van der Waals surface area contributed by atoms with Crippen LogP contribution in [-0.4, -0.2) is 24.7 Å². The minimum absolute atomic E-state index is 0.280. The second-order valence-electron chi connectivity index (χ2n) is 3.22. The van der Waals surface area contributed by atoms with Crippen LogP contribution in [0.5, 0.6) is 0 Å². The molecule has 0 aromatic carbocycles. The Morgan fingerprint density at radius 1 is 1.21 bits per heavy atom. The molecule has 5 nitrogen and oxygen atoms in total. The summed E-state index contributed by atoms with van der Waals surface area (Å²) in [5.74, 6) is 0.780. The SMILES string of the molecule is CC(C)n1ncnc1-c1ccncn1. The van der Waals surface area contributed by atoms with Crippen molar-refractivity contribution in [2.24, 2.45) is 0 Å². The molecule has 0 saturated carbocycles. The third kappa shape index (κ3) is 1.48. The zero-order chi connectivity index (χ0) is 9.97. The molecule has 0 amide bonds. The summed E-state index contributed by atoms with van der Waals surface area (Å²) in [6.45, 7) is 4.11. The van der Waals surface area contributed by atoms with E-state index in [2.05, 4.69) is 33.9 Å². The largest absolute Gasteiger partial charge is 0.245 e. The first-order chi connectivity index (χ1) is 6.79. The van der Waals surface area contributed by atoms with Crippen molar-refractivity contribution in [3.8, 4) is 11.5 Å². The Hall–Kier alpha value is -1.78. The molecule has 0 aliphatic carbocycles. The van der Waals surface area contributed by atoms with Crippen molar-refractivity contribution < 1.29 is 0 Å². The van der Waals surface area contributed by atoms with Gasteiger partial charge >= 0.3 is 0 Å². The van der Waals surface area contributed by atoms with Gasteiger partial charge in [0.2, 0.25) is 0 Å². The van der Waals surface area contributed by atoms with Crippen molar-refractivity contribution in [3.63, 3.8) is 0 Å². The monoisotopic (exact) mass is 189 g/mol. The molecule has 0 bridgehead atoms.